The van der Waals surface area contributed by atoms with Crippen molar-refractivity contribution >= 4 is 17.5 Å². The quantitative estimate of drug-likeness (QED) is 0.688. The third-order valence-corrected chi connectivity index (χ3v) is 3.11. The molecule has 0 bridgehead atoms. The molecule has 1 unspecified atom stereocenters. The molecule has 2 amide bonds. The van der Waals surface area contributed by atoms with E-state index in [1.54, 1.807) is 12.1 Å². The van der Waals surface area contributed by atoms with E-state index < -0.39 is 6.04 Å². The van der Waals surface area contributed by atoms with E-state index in [0.717, 1.165) is 11.1 Å². The summed E-state index contributed by atoms with van der Waals surface area (Å²) in [7, 11) is 0. The monoisotopic (exact) mass is 272 g/mol. The van der Waals surface area contributed by atoms with Crippen molar-refractivity contribution in [2.24, 2.45) is 0 Å². The van der Waals surface area contributed by atoms with Crippen LogP contribution in [0.15, 0.2) is 18.2 Å². The predicted molar refractivity (Wildman–Crippen MR) is 74.9 cm³/mol. The average molecular weight is 272 g/mol. The molecule has 20 heavy (non-hydrogen) atoms. The second-order valence-corrected chi connectivity index (χ2v) is 4.64. The largest absolute Gasteiger partial charge is 0.384 e. The summed E-state index contributed by atoms with van der Waals surface area (Å²) in [5, 5.41) is 14.1. The van der Waals surface area contributed by atoms with Crippen LogP contribution >= 0.6 is 0 Å². The Labute approximate surface area is 117 Å². The number of benzene rings is 1. The van der Waals surface area contributed by atoms with E-state index in [1.807, 2.05) is 13.0 Å². The van der Waals surface area contributed by atoms with Crippen molar-refractivity contribution in [3.63, 3.8) is 0 Å². The number of rotatable bonds is 2. The van der Waals surface area contributed by atoms with Crippen molar-refractivity contribution in [1.82, 2.24) is 5.32 Å². The molecule has 1 saturated heterocycles. The van der Waals surface area contributed by atoms with Gasteiger partial charge in [0.1, 0.15) is 12.6 Å². The molecule has 2 rings (SSSR count). The number of carbonyl (C=O) groups is 2. The van der Waals surface area contributed by atoms with E-state index >= 15 is 0 Å². The number of hydrogen-bond acceptors (Lipinski definition) is 3. The lowest BCUT2D eigenvalue weighted by Gasteiger charge is -2.11. The maximum absolute atomic E-state index is 11.9. The minimum atomic E-state index is -0.448. The molecule has 1 atom stereocenters. The summed E-state index contributed by atoms with van der Waals surface area (Å²) in [5.41, 5.74) is 2.40. The van der Waals surface area contributed by atoms with Gasteiger partial charge in [-0.15, -0.1) is 0 Å². The number of amides is 2. The van der Waals surface area contributed by atoms with Crippen molar-refractivity contribution in [2.45, 2.75) is 25.8 Å². The number of nitrogens with one attached hydrogen (secondary N) is 2. The van der Waals surface area contributed by atoms with Gasteiger partial charge in [-0.3, -0.25) is 9.59 Å². The molecule has 1 aromatic carbocycles. The maximum atomic E-state index is 11.9. The van der Waals surface area contributed by atoms with Gasteiger partial charge in [-0.2, -0.15) is 0 Å². The Balaban J connectivity index is 2.05. The predicted octanol–water partition coefficient (Wildman–Crippen LogP) is 0.556. The first kappa shape index (κ1) is 14.1. The number of carbonyl (C=O) groups excluding carboxylic acids is 2. The van der Waals surface area contributed by atoms with E-state index in [0.29, 0.717) is 18.5 Å². The number of aliphatic hydroxyl groups excluding tert-OH is 1. The van der Waals surface area contributed by atoms with Crippen LogP contribution < -0.4 is 10.6 Å². The summed E-state index contributed by atoms with van der Waals surface area (Å²) >= 11 is 0. The summed E-state index contributed by atoms with van der Waals surface area (Å²) in [6, 6.07) is 4.91. The summed E-state index contributed by atoms with van der Waals surface area (Å²) in [5.74, 6) is 5.13. The van der Waals surface area contributed by atoms with E-state index in [1.165, 1.54) is 0 Å². The molecule has 3 N–H and O–H groups in total. The van der Waals surface area contributed by atoms with Crippen LogP contribution in [0.2, 0.25) is 0 Å². The standard InChI is InChI=1S/C15H16N2O3/c1-10-9-12(5-4-11(10)3-2-8-18)16-15(20)13-6-7-14(19)17-13/h4-5,9,13,18H,6-8H2,1H3,(H,16,20)(H,17,19). The highest BCUT2D eigenvalue weighted by Crippen LogP contribution is 2.16. The molecule has 5 nitrogen and oxygen atoms in total. The van der Waals surface area contributed by atoms with Crippen LogP contribution in [0.25, 0.3) is 0 Å². The van der Waals surface area contributed by atoms with Gasteiger partial charge in [0, 0.05) is 17.7 Å². The third-order valence-electron chi connectivity index (χ3n) is 3.11. The number of aliphatic hydroxyl groups is 1. The molecular weight excluding hydrogens is 256 g/mol. The third kappa shape index (κ3) is 3.37. The second kappa shape index (κ2) is 6.22. The Bertz CT molecular complexity index is 599. The second-order valence-electron chi connectivity index (χ2n) is 4.64. The van der Waals surface area contributed by atoms with Crippen molar-refractivity contribution in [2.75, 3.05) is 11.9 Å². The van der Waals surface area contributed by atoms with E-state index in [9.17, 15) is 9.59 Å². The molecule has 0 radical (unpaired) electrons. The Kier molecular flexibility index (Phi) is 4.38. The highest BCUT2D eigenvalue weighted by Gasteiger charge is 2.27. The van der Waals surface area contributed by atoms with E-state index in [2.05, 4.69) is 22.5 Å². The van der Waals surface area contributed by atoms with Gasteiger partial charge in [-0.25, -0.2) is 0 Å². The lowest BCUT2D eigenvalue weighted by Crippen LogP contribution is -2.37. The maximum Gasteiger partial charge on any atom is 0.246 e. The van der Waals surface area contributed by atoms with Crippen LogP contribution in [0.1, 0.15) is 24.0 Å². The zero-order valence-electron chi connectivity index (χ0n) is 11.2. The Morgan fingerprint density at radius 2 is 2.35 bits per heavy atom. The molecule has 1 fully saturated rings. The van der Waals surface area contributed by atoms with Crippen LogP contribution in [0.3, 0.4) is 0 Å². The fourth-order valence-electron chi connectivity index (χ4n) is 2.06. The summed E-state index contributed by atoms with van der Waals surface area (Å²) in [4.78, 5) is 23.0. The first-order valence-corrected chi connectivity index (χ1v) is 6.41. The summed E-state index contributed by atoms with van der Waals surface area (Å²) < 4.78 is 0. The minimum Gasteiger partial charge on any atom is -0.384 e. The highest BCUT2D eigenvalue weighted by molar-refractivity contribution is 5.99. The van der Waals surface area contributed by atoms with Gasteiger partial charge in [-0.1, -0.05) is 11.8 Å². The van der Waals surface area contributed by atoms with Crippen molar-refractivity contribution in [3.05, 3.63) is 29.3 Å². The van der Waals surface area contributed by atoms with E-state index in [-0.39, 0.29) is 18.4 Å². The topological polar surface area (TPSA) is 78.4 Å². The zero-order chi connectivity index (χ0) is 14.5. The molecule has 1 aliphatic rings. The smallest absolute Gasteiger partial charge is 0.246 e. The van der Waals surface area contributed by atoms with Crippen LogP contribution in [0.4, 0.5) is 5.69 Å². The first-order valence-electron chi connectivity index (χ1n) is 6.41. The molecular formula is C15H16N2O3. The molecule has 1 heterocycles. The fraction of sp³-hybridized carbons (Fsp3) is 0.333. The number of anilines is 1. The lowest BCUT2D eigenvalue weighted by atomic mass is 10.1. The molecule has 5 heteroatoms. The molecule has 0 spiro atoms. The highest BCUT2D eigenvalue weighted by atomic mass is 16.2. The first-order chi connectivity index (χ1) is 9.60. The zero-order valence-corrected chi connectivity index (χ0v) is 11.2. The van der Waals surface area contributed by atoms with Crippen LogP contribution in [0, 0.1) is 18.8 Å². The summed E-state index contributed by atoms with van der Waals surface area (Å²) in [6.45, 7) is 1.70. The number of aryl methyl sites for hydroxylation is 1. The lowest BCUT2D eigenvalue weighted by molar-refractivity contribution is -0.122. The Morgan fingerprint density at radius 3 is 2.95 bits per heavy atom. The molecule has 0 aliphatic carbocycles. The number of hydrogen-bond donors (Lipinski definition) is 3. The van der Waals surface area contributed by atoms with Gasteiger partial charge in [0.05, 0.1) is 0 Å². The minimum absolute atomic E-state index is 0.0871. The van der Waals surface area contributed by atoms with Gasteiger partial charge >= 0.3 is 0 Å². The average Bonchev–Trinajstić information content (AvgIpc) is 2.85. The van der Waals surface area contributed by atoms with Gasteiger partial charge in [0.25, 0.3) is 0 Å². The van der Waals surface area contributed by atoms with Gasteiger partial charge in [0.15, 0.2) is 0 Å². The van der Waals surface area contributed by atoms with Crippen LogP contribution in [-0.2, 0) is 9.59 Å². The Hall–Kier alpha value is -2.32. The summed E-state index contributed by atoms with van der Waals surface area (Å²) in [6.07, 6.45) is 0.927. The SMILES string of the molecule is Cc1cc(NC(=O)C2CCC(=O)N2)ccc1C#CCO. The van der Waals surface area contributed by atoms with Crippen LogP contribution in [-0.4, -0.2) is 29.6 Å². The van der Waals surface area contributed by atoms with Crippen molar-refractivity contribution in [1.29, 1.82) is 0 Å². The van der Waals surface area contributed by atoms with E-state index in [4.69, 9.17) is 5.11 Å². The fourth-order valence-corrected chi connectivity index (χ4v) is 2.06. The van der Waals surface area contributed by atoms with Gasteiger partial charge in [0.2, 0.25) is 11.8 Å². The van der Waals surface area contributed by atoms with Gasteiger partial charge in [-0.05, 0) is 37.1 Å². The molecule has 1 aromatic rings. The normalized spacial score (nSPS) is 17.1. The van der Waals surface area contributed by atoms with Crippen molar-refractivity contribution < 1.29 is 14.7 Å². The van der Waals surface area contributed by atoms with Gasteiger partial charge < -0.3 is 15.7 Å². The molecule has 0 aromatic heterocycles. The molecule has 0 saturated carbocycles. The van der Waals surface area contributed by atoms with Crippen molar-refractivity contribution in [3.8, 4) is 11.8 Å². The molecule has 1 aliphatic heterocycles. The Morgan fingerprint density at radius 1 is 1.55 bits per heavy atom. The molecule has 104 valence electrons. The van der Waals surface area contributed by atoms with Crippen LogP contribution in [0.5, 0.6) is 0 Å².